The maximum Gasteiger partial charge on any atom is 0.422 e. The maximum absolute atomic E-state index is 12.7. The number of hydrogen-bond acceptors (Lipinski definition) is 8. The van der Waals surface area contributed by atoms with Crippen molar-refractivity contribution < 1.29 is 37.7 Å². The summed E-state index contributed by atoms with van der Waals surface area (Å²) in [6, 6.07) is 22.2. The molecule has 5 aromatic rings. The van der Waals surface area contributed by atoms with E-state index in [9.17, 15) is 33.0 Å². The number of rotatable bonds is 13. The van der Waals surface area contributed by atoms with E-state index in [1.165, 1.54) is 12.3 Å². The number of nitrogens with zero attached hydrogens (tertiary/aromatic N) is 3. The van der Waals surface area contributed by atoms with E-state index in [0.717, 1.165) is 43.0 Å². The molecule has 7 rings (SSSR count). The Kier molecular flexibility index (Phi) is 13.5. The van der Waals surface area contributed by atoms with Crippen LogP contribution in [0.25, 0.3) is 33.6 Å². The average molecular weight is 871 g/mol. The van der Waals surface area contributed by atoms with Crippen molar-refractivity contribution in [3.05, 3.63) is 118 Å². The molecule has 2 saturated carbocycles. The molecule has 0 saturated heterocycles. The fraction of sp³-hybridized carbons (Fsp3) is 0.326. The third-order valence-corrected chi connectivity index (χ3v) is 10.8. The van der Waals surface area contributed by atoms with Gasteiger partial charge in [0.05, 0.1) is 34.4 Å². The molecule has 2 amide bonds. The highest BCUT2D eigenvalue weighted by molar-refractivity contribution is 6.31. The van der Waals surface area contributed by atoms with E-state index < -0.39 is 29.9 Å². The van der Waals surface area contributed by atoms with Gasteiger partial charge in [-0.3, -0.25) is 14.6 Å². The highest BCUT2D eigenvalue weighted by atomic mass is 35.5. The lowest BCUT2D eigenvalue weighted by molar-refractivity contribution is -0.154. The summed E-state index contributed by atoms with van der Waals surface area (Å²) in [5, 5.41) is 27.9. The minimum Gasteiger partial charge on any atom is -0.468 e. The summed E-state index contributed by atoms with van der Waals surface area (Å²) in [5.74, 6) is -0.715. The van der Waals surface area contributed by atoms with Gasteiger partial charge < -0.3 is 25.6 Å². The van der Waals surface area contributed by atoms with Crippen LogP contribution in [0, 0.1) is 11.8 Å². The van der Waals surface area contributed by atoms with Crippen molar-refractivity contribution in [2.24, 2.45) is 11.8 Å². The van der Waals surface area contributed by atoms with Crippen LogP contribution in [0.4, 0.5) is 13.2 Å². The lowest BCUT2D eigenvalue weighted by Crippen LogP contribution is -2.42. The van der Waals surface area contributed by atoms with Gasteiger partial charge >= 0.3 is 6.18 Å². The molecule has 4 N–H and O–H groups in total. The third kappa shape index (κ3) is 12.1. The first kappa shape index (κ1) is 43.8. The summed E-state index contributed by atoms with van der Waals surface area (Å²) in [6.45, 7) is 2.15. The Morgan fingerprint density at radius 3 is 1.63 bits per heavy atom. The number of carbonyl (C=O) groups excluding carboxylic acids is 2. The van der Waals surface area contributed by atoms with Crippen LogP contribution in [0.3, 0.4) is 0 Å². The molecule has 2 atom stereocenters. The van der Waals surface area contributed by atoms with Gasteiger partial charge in [0.1, 0.15) is 5.69 Å². The van der Waals surface area contributed by atoms with Gasteiger partial charge in [-0.1, -0.05) is 71.2 Å². The molecule has 3 aromatic carbocycles. The monoisotopic (exact) mass is 869 g/mol. The van der Waals surface area contributed by atoms with Crippen LogP contribution < -0.4 is 15.4 Å². The zero-order valence-electron chi connectivity index (χ0n) is 32.0. The highest BCUT2D eigenvalue weighted by Gasteiger charge is 2.41. The second-order valence-electron chi connectivity index (χ2n) is 15.1. The lowest BCUT2D eigenvalue weighted by Gasteiger charge is -2.23. The normalized spacial score (nSPS) is 15.8. The van der Waals surface area contributed by atoms with E-state index >= 15 is 0 Å². The van der Waals surface area contributed by atoms with E-state index in [2.05, 4.69) is 25.6 Å². The smallest absolute Gasteiger partial charge is 0.422 e. The van der Waals surface area contributed by atoms with Gasteiger partial charge in [-0.05, 0) is 99.4 Å². The fourth-order valence-corrected chi connectivity index (χ4v) is 6.59. The molecule has 0 spiro atoms. The average Bonchev–Trinajstić information content (AvgIpc) is 4.13. The quantitative estimate of drug-likeness (QED) is 0.0917. The minimum absolute atomic E-state index is 0.0686. The number of benzene rings is 3. The van der Waals surface area contributed by atoms with Crippen molar-refractivity contribution in [1.82, 2.24) is 25.6 Å². The fourth-order valence-electron chi connectivity index (χ4n) is 6.21. The van der Waals surface area contributed by atoms with E-state index in [1.54, 1.807) is 62.4 Å². The van der Waals surface area contributed by atoms with Gasteiger partial charge in [-0.25, -0.2) is 9.97 Å². The zero-order valence-corrected chi connectivity index (χ0v) is 34.3. The van der Waals surface area contributed by atoms with Gasteiger partial charge in [0.2, 0.25) is 5.88 Å². The molecule has 0 bridgehead atoms. The zero-order chi connectivity index (χ0) is 42.5. The molecule has 2 aromatic heterocycles. The molecule has 10 nitrogen and oxygen atoms in total. The van der Waals surface area contributed by atoms with Gasteiger partial charge in [0.15, 0.2) is 6.61 Å². The first-order valence-corrected chi connectivity index (χ1v) is 19.9. The number of aliphatic hydroxyl groups is 2. The summed E-state index contributed by atoms with van der Waals surface area (Å²) in [4.78, 5) is 38.2. The highest BCUT2D eigenvalue weighted by Crippen LogP contribution is 2.40. The van der Waals surface area contributed by atoms with Crippen LogP contribution in [0.5, 0.6) is 5.88 Å². The lowest BCUT2D eigenvalue weighted by atomic mass is 10.0. The summed E-state index contributed by atoms with van der Waals surface area (Å²) < 4.78 is 42.5. The second-order valence-corrected chi connectivity index (χ2v) is 16.4. The third-order valence-electron chi connectivity index (χ3n) is 10.0. The van der Waals surface area contributed by atoms with Crippen molar-refractivity contribution in [2.45, 2.75) is 56.9 Å². The SMILES string of the molecule is CC(O)(CNC(=O)c1cnc(OCC(F)(F)F)c(-c2ccc(Cl)cc2)c1)C1CC1.C[C@](O)(CNC(=O)c1cnc(-c2ccc(Cl)cc2)c(-c2ccc(Cl)cc2)n1)C1CC1. The van der Waals surface area contributed by atoms with Gasteiger partial charge in [0.25, 0.3) is 11.8 Å². The minimum atomic E-state index is -4.52. The van der Waals surface area contributed by atoms with E-state index in [0.29, 0.717) is 32.0 Å². The number of aromatic nitrogens is 3. The number of pyridine rings is 1. The van der Waals surface area contributed by atoms with Crippen molar-refractivity contribution in [2.75, 3.05) is 19.7 Å². The number of alkyl halides is 3. The van der Waals surface area contributed by atoms with Crippen LogP contribution in [-0.4, -0.2) is 74.1 Å². The summed E-state index contributed by atoms with van der Waals surface area (Å²) in [5.41, 5.74) is 1.96. The van der Waals surface area contributed by atoms with Crippen LogP contribution in [0.15, 0.2) is 91.3 Å². The molecule has 2 aliphatic carbocycles. The van der Waals surface area contributed by atoms with Crippen molar-refractivity contribution in [3.63, 3.8) is 0 Å². The predicted octanol–water partition coefficient (Wildman–Crippen LogP) is 9.24. The Labute approximate surface area is 354 Å². The van der Waals surface area contributed by atoms with Crippen molar-refractivity contribution in [1.29, 1.82) is 0 Å². The molecule has 2 aliphatic rings. The van der Waals surface area contributed by atoms with Gasteiger partial charge in [-0.2, -0.15) is 13.2 Å². The van der Waals surface area contributed by atoms with Gasteiger partial charge in [-0.15, -0.1) is 0 Å². The second kappa shape index (κ2) is 18.2. The van der Waals surface area contributed by atoms with Crippen LogP contribution in [0.1, 0.15) is 60.4 Å². The standard InChI is InChI=1S/C23H21Cl2N3O2.C20H20ClF3N2O3/c1-23(30,16-6-7-16)13-27-22(29)19-12-26-20(14-2-8-17(24)9-3-14)21(28-19)15-4-10-18(25)11-5-15;1-19(28,14-4-5-14)10-26-17(27)13-8-16(12-2-6-15(21)7-3-12)18(25-9-13)29-11-20(22,23)24/h2-5,8-12,16,30H,6-7,13H2,1H3,(H,27,29);2-3,6-9,14,28H,4-5,10-11H2,1H3,(H,26,27)/t23-;/m0./s1. The Bertz CT molecular complexity index is 2270. The maximum atomic E-state index is 12.7. The van der Waals surface area contributed by atoms with Crippen molar-refractivity contribution >= 4 is 46.6 Å². The number of ether oxygens (including phenoxy) is 1. The van der Waals surface area contributed by atoms with Crippen LogP contribution in [-0.2, 0) is 0 Å². The molecular formula is C43H41Cl3F3N5O5. The Balaban J connectivity index is 0.000000199. The summed E-state index contributed by atoms with van der Waals surface area (Å²) >= 11 is 17.9. The summed E-state index contributed by atoms with van der Waals surface area (Å²) in [7, 11) is 0. The number of nitrogens with one attached hydrogen (secondary N) is 2. The molecule has 0 radical (unpaired) electrons. The molecular weight excluding hydrogens is 830 g/mol. The Morgan fingerprint density at radius 2 is 1.15 bits per heavy atom. The van der Waals surface area contributed by atoms with E-state index in [4.69, 9.17) is 39.5 Å². The van der Waals surface area contributed by atoms with E-state index in [1.807, 2.05) is 24.3 Å². The number of halogens is 6. The molecule has 0 aliphatic heterocycles. The first-order valence-electron chi connectivity index (χ1n) is 18.7. The first-order chi connectivity index (χ1) is 27.9. The predicted molar refractivity (Wildman–Crippen MR) is 221 cm³/mol. The summed E-state index contributed by atoms with van der Waals surface area (Å²) in [6.07, 6.45) is 1.87. The van der Waals surface area contributed by atoms with Crippen LogP contribution >= 0.6 is 34.8 Å². The molecule has 310 valence electrons. The number of hydrogen-bond donors (Lipinski definition) is 4. The van der Waals surface area contributed by atoms with Crippen LogP contribution in [0.2, 0.25) is 15.1 Å². The Hall–Kier alpha value is -4.79. The Morgan fingerprint density at radius 1 is 0.695 bits per heavy atom. The molecule has 1 unspecified atom stereocenters. The molecule has 16 heteroatoms. The molecule has 2 fully saturated rings. The topological polar surface area (TPSA) is 147 Å². The van der Waals surface area contributed by atoms with Gasteiger partial charge in [0, 0.05) is 51.0 Å². The number of carbonyl (C=O) groups is 2. The largest absolute Gasteiger partial charge is 0.468 e. The van der Waals surface area contributed by atoms with Crippen molar-refractivity contribution in [3.8, 4) is 39.5 Å². The van der Waals surface area contributed by atoms with E-state index in [-0.39, 0.29) is 53.5 Å². The molecule has 2 heterocycles. The number of amides is 2. The molecule has 59 heavy (non-hydrogen) atoms.